The van der Waals surface area contributed by atoms with E-state index in [9.17, 15) is 18.8 Å². The van der Waals surface area contributed by atoms with Crippen LogP contribution >= 0.6 is 11.8 Å². The lowest BCUT2D eigenvalue weighted by Gasteiger charge is -2.33. The van der Waals surface area contributed by atoms with Crippen LogP contribution in [-0.4, -0.2) is 30.0 Å². The number of thioether (sulfide) groups is 1. The van der Waals surface area contributed by atoms with Gasteiger partial charge in [-0.2, -0.15) is 0 Å². The lowest BCUT2D eigenvalue weighted by atomic mass is 10.0. The minimum absolute atomic E-state index is 0.0963. The summed E-state index contributed by atoms with van der Waals surface area (Å²) in [5.41, 5.74) is 5.31. The van der Waals surface area contributed by atoms with E-state index in [1.54, 1.807) is 0 Å². The Morgan fingerprint density at radius 2 is 1.69 bits per heavy atom. The Kier molecular flexibility index (Phi) is 5.63. The highest BCUT2D eigenvalue weighted by Gasteiger charge is 2.61. The van der Waals surface area contributed by atoms with Gasteiger partial charge in [0.15, 0.2) is 0 Å². The first kappa shape index (κ1) is 23.1. The molecular weight excluding hydrogens is 465 g/mol. The zero-order valence-corrected chi connectivity index (χ0v) is 20.4. The molecular formula is C27H24FN3O3S. The molecule has 1 saturated heterocycles. The molecule has 0 saturated carbocycles. The van der Waals surface area contributed by atoms with Crippen LogP contribution in [0.4, 0.5) is 21.5 Å². The van der Waals surface area contributed by atoms with Crippen LogP contribution in [0.15, 0.2) is 60.7 Å². The number of hydrogen-bond donors (Lipinski definition) is 1. The molecule has 35 heavy (non-hydrogen) atoms. The Balaban J connectivity index is 1.53. The molecule has 0 aromatic heterocycles. The van der Waals surface area contributed by atoms with Gasteiger partial charge in [-0.25, -0.2) is 4.39 Å². The zero-order valence-electron chi connectivity index (χ0n) is 19.6. The summed E-state index contributed by atoms with van der Waals surface area (Å²) >= 11 is 1.23. The van der Waals surface area contributed by atoms with Gasteiger partial charge in [0.1, 0.15) is 12.4 Å². The Morgan fingerprint density at radius 1 is 1.00 bits per heavy atom. The SMILES string of the molecule is Cc1ccc(NC(=O)CN2C(=O)[C@@]3(SCC(=O)N3c3ccc(F)cc3)c3cc(C)ccc32)c(C)c1. The first-order valence-corrected chi connectivity index (χ1v) is 12.2. The van der Waals surface area contributed by atoms with Crippen LogP contribution in [0.5, 0.6) is 0 Å². The Hall–Kier alpha value is -3.65. The van der Waals surface area contributed by atoms with E-state index in [4.69, 9.17) is 0 Å². The number of benzene rings is 3. The van der Waals surface area contributed by atoms with Crippen molar-refractivity contribution in [2.75, 3.05) is 27.4 Å². The van der Waals surface area contributed by atoms with Crippen LogP contribution in [0, 0.1) is 26.6 Å². The van der Waals surface area contributed by atoms with E-state index < -0.39 is 10.7 Å². The third-order valence-electron chi connectivity index (χ3n) is 6.35. The van der Waals surface area contributed by atoms with E-state index >= 15 is 0 Å². The molecule has 2 aliphatic rings. The molecule has 3 aromatic rings. The number of anilines is 3. The van der Waals surface area contributed by atoms with Crippen molar-refractivity contribution in [1.29, 1.82) is 0 Å². The molecule has 2 aliphatic heterocycles. The van der Waals surface area contributed by atoms with Gasteiger partial charge in [0.25, 0.3) is 5.91 Å². The number of fused-ring (bicyclic) bond motifs is 2. The lowest BCUT2D eigenvalue weighted by molar-refractivity contribution is -0.124. The van der Waals surface area contributed by atoms with Crippen molar-refractivity contribution in [2.45, 2.75) is 25.6 Å². The topological polar surface area (TPSA) is 69.7 Å². The molecule has 5 rings (SSSR count). The van der Waals surface area contributed by atoms with Gasteiger partial charge in [0.2, 0.25) is 16.7 Å². The molecule has 178 valence electrons. The predicted molar refractivity (Wildman–Crippen MR) is 136 cm³/mol. The number of carbonyl (C=O) groups excluding carboxylic acids is 3. The van der Waals surface area contributed by atoms with E-state index in [-0.39, 0.29) is 30.0 Å². The quantitative estimate of drug-likeness (QED) is 0.578. The van der Waals surface area contributed by atoms with Gasteiger partial charge in [-0.1, -0.05) is 35.4 Å². The van der Waals surface area contributed by atoms with Crippen LogP contribution in [0.1, 0.15) is 22.3 Å². The third-order valence-corrected chi connectivity index (χ3v) is 7.74. The molecule has 1 atom stereocenters. The van der Waals surface area contributed by atoms with Gasteiger partial charge in [0, 0.05) is 16.9 Å². The van der Waals surface area contributed by atoms with Crippen LogP contribution in [0.3, 0.4) is 0 Å². The summed E-state index contributed by atoms with van der Waals surface area (Å²) in [6.45, 7) is 5.61. The monoisotopic (exact) mass is 489 g/mol. The van der Waals surface area contributed by atoms with E-state index in [1.807, 2.05) is 57.2 Å². The van der Waals surface area contributed by atoms with Crippen molar-refractivity contribution in [3.63, 3.8) is 0 Å². The van der Waals surface area contributed by atoms with Gasteiger partial charge in [-0.15, -0.1) is 11.8 Å². The Bertz CT molecular complexity index is 1370. The number of rotatable bonds is 4. The number of aryl methyl sites for hydroxylation is 3. The maximum absolute atomic E-state index is 14.1. The van der Waals surface area contributed by atoms with Gasteiger partial charge < -0.3 is 5.32 Å². The maximum Gasteiger partial charge on any atom is 0.269 e. The predicted octanol–water partition coefficient (Wildman–Crippen LogP) is 4.67. The molecule has 1 spiro atoms. The van der Waals surface area contributed by atoms with Crippen LogP contribution < -0.4 is 15.1 Å². The normalized spacial score (nSPS) is 19.0. The fourth-order valence-electron chi connectivity index (χ4n) is 4.75. The highest BCUT2D eigenvalue weighted by atomic mass is 32.2. The van der Waals surface area contributed by atoms with Crippen LogP contribution in [-0.2, 0) is 19.3 Å². The van der Waals surface area contributed by atoms with Crippen LogP contribution in [0.25, 0.3) is 0 Å². The smallest absolute Gasteiger partial charge is 0.269 e. The molecule has 0 aliphatic carbocycles. The van der Waals surface area contributed by atoms with Crippen molar-refractivity contribution in [3.8, 4) is 0 Å². The van der Waals surface area contributed by atoms with Gasteiger partial charge in [-0.3, -0.25) is 24.2 Å². The zero-order chi connectivity index (χ0) is 24.9. The number of nitrogens with one attached hydrogen (secondary N) is 1. The number of halogens is 1. The van der Waals surface area contributed by atoms with E-state index in [1.165, 1.54) is 45.8 Å². The molecule has 1 N–H and O–H groups in total. The molecule has 0 bridgehead atoms. The second-order valence-corrected chi connectivity index (χ2v) is 10.1. The highest BCUT2D eigenvalue weighted by molar-refractivity contribution is 8.02. The van der Waals surface area contributed by atoms with Crippen molar-refractivity contribution in [2.24, 2.45) is 0 Å². The second kappa shape index (κ2) is 8.53. The Labute approximate surface area is 207 Å². The second-order valence-electron chi connectivity index (χ2n) is 8.92. The maximum atomic E-state index is 14.1. The average molecular weight is 490 g/mol. The first-order chi connectivity index (χ1) is 16.7. The van der Waals surface area contributed by atoms with Crippen molar-refractivity contribution in [3.05, 3.63) is 88.7 Å². The molecule has 6 nitrogen and oxygen atoms in total. The number of nitrogens with zero attached hydrogens (tertiary/aromatic N) is 2. The number of amides is 3. The highest BCUT2D eigenvalue weighted by Crippen LogP contribution is 2.55. The molecule has 0 unspecified atom stereocenters. The summed E-state index contributed by atoms with van der Waals surface area (Å²) in [5.74, 6) is -1.28. The first-order valence-electron chi connectivity index (χ1n) is 11.2. The summed E-state index contributed by atoms with van der Waals surface area (Å²) < 4.78 is 13.6. The summed E-state index contributed by atoms with van der Waals surface area (Å²) in [7, 11) is 0. The number of hydrogen-bond acceptors (Lipinski definition) is 4. The molecule has 0 radical (unpaired) electrons. The minimum Gasteiger partial charge on any atom is -0.324 e. The lowest BCUT2D eigenvalue weighted by Crippen LogP contribution is -2.50. The average Bonchev–Trinajstić information content (AvgIpc) is 3.27. The summed E-state index contributed by atoms with van der Waals surface area (Å²) in [4.78, 5) is 41.7. The summed E-state index contributed by atoms with van der Waals surface area (Å²) in [6.07, 6.45) is 0. The molecule has 3 amide bonds. The standard InChI is InChI=1S/C27H24FN3O3S/c1-16-4-10-22(18(3)12-16)29-24(32)14-30-23-11-5-17(2)13-21(23)27(26(30)34)31(25(33)15-35-27)20-8-6-19(28)7-9-20/h4-13H,14-15H2,1-3H3,(H,29,32)/t27-/m0/s1. The van der Waals surface area contributed by atoms with Crippen LogP contribution in [0.2, 0.25) is 0 Å². The molecule has 3 aromatic carbocycles. The molecule has 1 fully saturated rings. The van der Waals surface area contributed by atoms with E-state index in [2.05, 4.69) is 5.32 Å². The van der Waals surface area contributed by atoms with E-state index in [0.29, 0.717) is 22.6 Å². The fourth-order valence-corrected chi connectivity index (χ4v) is 6.10. The largest absolute Gasteiger partial charge is 0.324 e. The fraction of sp³-hybridized carbons (Fsp3) is 0.222. The van der Waals surface area contributed by atoms with Gasteiger partial charge in [0.05, 0.1) is 11.4 Å². The van der Waals surface area contributed by atoms with Crippen molar-refractivity contribution < 1.29 is 18.8 Å². The van der Waals surface area contributed by atoms with Crippen molar-refractivity contribution >= 4 is 46.5 Å². The molecule has 2 heterocycles. The van der Waals surface area contributed by atoms with E-state index in [0.717, 1.165) is 16.7 Å². The Morgan fingerprint density at radius 3 is 2.40 bits per heavy atom. The van der Waals surface area contributed by atoms with Crippen molar-refractivity contribution in [1.82, 2.24) is 0 Å². The summed E-state index contributed by atoms with van der Waals surface area (Å²) in [5, 5.41) is 2.90. The number of carbonyl (C=O) groups is 3. The minimum atomic E-state index is -1.35. The summed E-state index contributed by atoms with van der Waals surface area (Å²) in [6, 6.07) is 16.8. The van der Waals surface area contributed by atoms with Gasteiger partial charge >= 0.3 is 0 Å². The third kappa shape index (κ3) is 3.78. The van der Waals surface area contributed by atoms with Gasteiger partial charge in [-0.05, 0) is 62.7 Å². The molecule has 8 heteroatoms.